The fraction of sp³-hybridized carbons (Fsp3) is 0.350. The van der Waals surface area contributed by atoms with Gasteiger partial charge in [-0.25, -0.2) is 4.98 Å². The molecule has 0 fully saturated rings. The first-order valence-corrected chi connectivity index (χ1v) is 9.62. The zero-order chi connectivity index (χ0) is 20.3. The van der Waals surface area contributed by atoms with Gasteiger partial charge in [-0.3, -0.25) is 9.89 Å². The molecule has 0 aliphatic carbocycles. The molecule has 0 saturated heterocycles. The van der Waals surface area contributed by atoms with Crippen molar-refractivity contribution < 1.29 is 0 Å². The van der Waals surface area contributed by atoms with Crippen LogP contribution in [0.4, 0.5) is 11.4 Å². The summed E-state index contributed by atoms with van der Waals surface area (Å²) in [7, 11) is 0. The third kappa shape index (κ3) is 4.20. The quantitative estimate of drug-likeness (QED) is 0.451. The van der Waals surface area contributed by atoms with Crippen LogP contribution in [0.1, 0.15) is 42.3 Å². The van der Waals surface area contributed by atoms with E-state index in [1.165, 1.54) is 4.68 Å². The molecular formula is C20H23ClN6O. The predicted molar refractivity (Wildman–Crippen MR) is 110 cm³/mol. The monoisotopic (exact) mass is 398 g/mol. The van der Waals surface area contributed by atoms with Gasteiger partial charge in [-0.2, -0.15) is 14.8 Å². The van der Waals surface area contributed by atoms with Crippen LogP contribution in [-0.2, 0) is 6.42 Å². The lowest BCUT2D eigenvalue weighted by Crippen LogP contribution is -2.18. The smallest absolute Gasteiger partial charge is 0.290 e. The molecule has 0 bridgehead atoms. The summed E-state index contributed by atoms with van der Waals surface area (Å²) in [5.74, 6) is 0.202. The van der Waals surface area contributed by atoms with Gasteiger partial charge < -0.3 is 0 Å². The van der Waals surface area contributed by atoms with Crippen molar-refractivity contribution in [3.05, 3.63) is 62.3 Å². The molecule has 0 unspecified atom stereocenters. The van der Waals surface area contributed by atoms with Crippen LogP contribution in [0, 0.1) is 20.8 Å². The van der Waals surface area contributed by atoms with Crippen molar-refractivity contribution in [3.63, 3.8) is 0 Å². The molecule has 0 radical (unpaired) electrons. The Balaban J connectivity index is 1.95. The predicted octanol–water partition coefficient (Wildman–Crippen LogP) is 5.29. The molecule has 0 atom stereocenters. The van der Waals surface area contributed by atoms with Crippen LogP contribution in [-0.4, -0.2) is 19.7 Å². The van der Waals surface area contributed by atoms with E-state index in [1.54, 1.807) is 6.92 Å². The highest BCUT2D eigenvalue weighted by Crippen LogP contribution is 2.22. The summed E-state index contributed by atoms with van der Waals surface area (Å²) in [4.78, 5) is 21.6. The molecule has 0 aliphatic rings. The van der Waals surface area contributed by atoms with Crippen LogP contribution in [0.15, 0.2) is 39.3 Å². The summed E-state index contributed by atoms with van der Waals surface area (Å²) < 4.78 is 1.25. The van der Waals surface area contributed by atoms with Crippen molar-refractivity contribution in [2.45, 2.75) is 47.0 Å². The third-order valence-corrected chi connectivity index (χ3v) is 4.78. The average Bonchev–Trinajstić information content (AvgIpc) is 2.94. The Bertz CT molecular complexity index is 1040. The van der Waals surface area contributed by atoms with Gasteiger partial charge in [-0.05, 0) is 45.7 Å². The molecule has 0 saturated carbocycles. The Hall–Kier alpha value is -2.80. The zero-order valence-corrected chi connectivity index (χ0v) is 17.2. The number of unbranched alkanes of at least 4 members (excludes halogenated alkanes) is 1. The summed E-state index contributed by atoms with van der Waals surface area (Å²) in [6.07, 6.45) is 2.88. The van der Waals surface area contributed by atoms with Crippen molar-refractivity contribution in [2.24, 2.45) is 10.2 Å². The van der Waals surface area contributed by atoms with Crippen LogP contribution in [0.2, 0.25) is 5.15 Å². The number of aromatic amines is 1. The SMILES string of the molecule is CCCCc1c(C)nc(-n2[nH]c(C)c(N=Nc3ccc(C)cc3)c2=O)nc1Cl. The largest absolute Gasteiger partial charge is 0.301 e. The van der Waals surface area contributed by atoms with Gasteiger partial charge in [0.25, 0.3) is 5.95 Å². The maximum atomic E-state index is 12.8. The normalized spacial score (nSPS) is 11.5. The molecule has 2 aromatic heterocycles. The van der Waals surface area contributed by atoms with E-state index in [-0.39, 0.29) is 17.2 Å². The van der Waals surface area contributed by atoms with E-state index < -0.39 is 0 Å². The molecule has 28 heavy (non-hydrogen) atoms. The minimum atomic E-state index is -0.370. The lowest BCUT2D eigenvalue weighted by molar-refractivity contribution is 0.745. The molecule has 146 valence electrons. The summed E-state index contributed by atoms with van der Waals surface area (Å²) in [6.45, 7) is 7.75. The summed E-state index contributed by atoms with van der Waals surface area (Å²) >= 11 is 6.35. The number of H-pyrrole nitrogens is 1. The molecule has 0 amide bonds. The van der Waals surface area contributed by atoms with Crippen molar-refractivity contribution in [2.75, 3.05) is 0 Å². The maximum Gasteiger partial charge on any atom is 0.301 e. The lowest BCUT2D eigenvalue weighted by atomic mass is 10.1. The van der Waals surface area contributed by atoms with E-state index in [0.717, 1.165) is 36.1 Å². The van der Waals surface area contributed by atoms with E-state index in [0.29, 0.717) is 16.5 Å². The topological polar surface area (TPSA) is 88.3 Å². The second-order valence-corrected chi connectivity index (χ2v) is 7.10. The van der Waals surface area contributed by atoms with E-state index in [9.17, 15) is 4.79 Å². The number of nitrogens with one attached hydrogen (secondary N) is 1. The van der Waals surface area contributed by atoms with Crippen molar-refractivity contribution >= 4 is 23.0 Å². The molecule has 7 nitrogen and oxygen atoms in total. The number of hydrogen-bond donors (Lipinski definition) is 1. The Morgan fingerprint density at radius 2 is 1.82 bits per heavy atom. The third-order valence-electron chi connectivity index (χ3n) is 4.47. The highest BCUT2D eigenvalue weighted by molar-refractivity contribution is 6.30. The number of benzene rings is 1. The van der Waals surface area contributed by atoms with Gasteiger partial charge in [0.15, 0.2) is 5.69 Å². The van der Waals surface area contributed by atoms with Gasteiger partial charge in [0.2, 0.25) is 0 Å². The molecular weight excluding hydrogens is 376 g/mol. The molecule has 3 aromatic rings. The summed E-state index contributed by atoms with van der Waals surface area (Å²) in [5.41, 5.74) is 3.92. The molecule has 0 spiro atoms. The van der Waals surface area contributed by atoms with Gasteiger partial charge in [0.05, 0.1) is 11.4 Å². The molecule has 0 aliphatic heterocycles. The second kappa shape index (κ2) is 8.48. The number of hydrogen-bond acceptors (Lipinski definition) is 5. The lowest BCUT2D eigenvalue weighted by Gasteiger charge is -2.09. The molecule has 1 N–H and O–H groups in total. The highest BCUT2D eigenvalue weighted by atomic mass is 35.5. The summed E-state index contributed by atoms with van der Waals surface area (Å²) in [5, 5.41) is 11.6. The van der Waals surface area contributed by atoms with Gasteiger partial charge in [-0.15, -0.1) is 5.11 Å². The van der Waals surface area contributed by atoms with Crippen molar-refractivity contribution in [1.29, 1.82) is 0 Å². The number of halogens is 1. The van der Waals surface area contributed by atoms with Gasteiger partial charge in [0.1, 0.15) is 5.15 Å². The maximum absolute atomic E-state index is 12.8. The first-order valence-electron chi connectivity index (χ1n) is 9.24. The van der Waals surface area contributed by atoms with E-state index in [1.807, 2.05) is 38.1 Å². The van der Waals surface area contributed by atoms with Crippen LogP contribution in [0.3, 0.4) is 0 Å². The van der Waals surface area contributed by atoms with Gasteiger partial charge >= 0.3 is 5.56 Å². The van der Waals surface area contributed by atoms with Gasteiger partial charge in [-0.1, -0.05) is 42.6 Å². The van der Waals surface area contributed by atoms with Crippen LogP contribution >= 0.6 is 11.6 Å². The van der Waals surface area contributed by atoms with Gasteiger partial charge in [0, 0.05) is 11.3 Å². The van der Waals surface area contributed by atoms with Crippen LogP contribution in [0.5, 0.6) is 0 Å². The number of azo groups is 1. The molecule has 1 aromatic carbocycles. The van der Waals surface area contributed by atoms with Crippen molar-refractivity contribution in [1.82, 2.24) is 19.7 Å². The zero-order valence-electron chi connectivity index (χ0n) is 16.5. The number of aryl methyl sites for hydroxylation is 3. The Labute approximate surface area is 168 Å². The minimum absolute atomic E-state index is 0.202. The fourth-order valence-corrected chi connectivity index (χ4v) is 3.11. The molecule has 3 rings (SSSR count). The number of aromatic nitrogens is 4. The van der Waals surface area contributed by atoms with E-state index >= 15 is 0 Å². The minimum Gasteiger partial charge on any atom is -0.290 e. The second-order valence-electron chi connectivity index (χ2n) is 6.74. The van der Waals surface area contributed by atoms with E-state index in [2.05, 4.69) is 32.2 Å². The molecule has 8 heteroatoms. The standard InChI is InChI=1S/C20H23ClN6O/c1-5-6-7-16-13(3)22-20(23-18(16)21)27-19(28)17(14(4)26-27)25-24-15-10-8-12(2)9-11-15/h8-11,26H,5-7H2,1-4H3. The van der Waals surface area contributed by atoms with Crippen LogP contribution in [0.25, 0.3) is 5.95 Å². The number of rotatable bonds is 6. The number of nitrogens with zero attached hydrogens (tertiary/aromatic N) is 5. The highest BCUT2D eigenvalue weighted by Gasteiger charge is 2.17. The summed E-state index contributed by atoms with van der Waals surface area (Å²) in [6, 6.07) is 7.58. The van der Waals surface area contributed by atoms with Crippen LogP contribution < -0.4 is 5.56 Å². The Kier molecular flexibility index (Phi) is 6.04. The Morgan fingerprint density at radius 1 is 1.11 bits per heavy atom. The first kappa shape index (κ1) is 19.9. The first-order chi connectivity index (χ1) is 13.4. The average molecular weight is 399 g/mol. The Morgan fingerprint density at radius 3 is 2.46 bits per heavy atom. The van der Waals surface area contributed by atoms with Crippen molar-refractivity contribution in [3.8, 4) is 5.95 Å². The fourth-order valence-electron chi connectivity index (χ4n) is 2.80. The van der Waals surface area contributed by atoms with E-state index in [4.69, 9.17) is 11.6 Å². The molecule has 2 heterocycles.